The number of rotatable bonds is 9. The van der Waals surface area contributed by atoms with Crippen molar-refractivity contribution in [2.45, 2.75) is 19.4 Å². The summed E-state index contributed by atoms with van der Waals surface area (Å²) in [4.78, 5) is 24.6. The molecule has 0 aromatic heterocycles. The molecule has 2 aliphatic carbocycles. The van der Waals surface area contributed by atoms with Crippen LogP contribution in [-0.2, 0) is 26.6 Å². The van der Waals surface area contributed by atoms with Crippen LogP contribution in [0.2, 0.25) is 0 Å². The predicted octanol–water partition coefficient (Wildman–Crippen LogP) is 2.37. The predicted molar refractivity (Wildman–Crippen MR) is 115 cm³/mol. The zero-order chi connectivity index (χ0) is 21.6. The Kier molecular flexibility index (Phi) is 14.5. The average molecular weight is 464 g/mol. The third-order valence-corrected chi connectivity index (χ3v) is 4.22. The number of nitrogens with zero attached hydrogens (tertiary/aromatic N) is 1. The fourth-order valence-electron chi connectivity index (χ4n) is 2.82. The van der Waals surface area contributed by atoms with Gasteiger partial charge < -0.3 is 9.84 Å². The molecule has 1 atom stereocenters. The van der Waals surface area contributed by atoms with Gasteiger partial charge in [0.15, 0.2) is 0 Å². The van der Waals surface area contributed by atoms with E-state index >= 15 is 0 Å². The molecular weight excluding hydrogens is 436 g/mol. The molecule has 2 N–H and O–H groups in total. The standard InChI is InChI=1S/C19H23N2O4.C5H5.Fe/c1-2-25-18(23)14-17(15-8-6-7-9-15)20-21(12-13-22)19(24)16-10-4-3-5-11-16;1-2-4-5-3-1;/h3-11,17,20,22H,2,12-14H2,1H3;1-5H;/q;;+2. The zero-order valence-electron chi connectivity index (χ0n) is 17.5. The van der Waals surface area contributed by atoms with Crippen molar-refractivity contribution in [2.24, 2.45) is 0 Å². The van der Waals surface area contributed by atoms with Gasteiger partial charge in [0.2, 0.25) is 0 Å². The first-order valence-corrected chi connectivity index (χ1v) is 9.93. The van der Waals surface area contributed by atoms with Crippen LogP contribution in [0.15, 0.2) is 30.3 Å². The summed E-state index contributed by atoms with van der Waals surface area (Å²) in [5.41, 5.74) is 3.57. The van der Waals surface area contributed by atoms with Crippen LogP contribution >= 0.6 is 0 Å². The molecule has 7 heteroatoms. The Hall–Kier alpha value is -1.40. The van der Waals surface area contributed by atoms with Crippen molar-refractivity contribution in [3.63, 3.8) is 0 Å². The van der Waals surface area contributed by atoms with Crippen LogP contribution in [0.25, 0.3) is 0 Å². The molecule has 0 heterocycles. The second-order valence-electron chi connectivity index (χ2n) is 6.42. The Bertz CT molecular complexity index is 612. The maximum atomic E-state index is 12.7. The number of esters is 1. The van der Waals surface area contributed by atoms with Gasteiger partial charge in [-0.2, -0.15) is 0 Å². The molecule has 2 aliphatic rings. The van der Waals surface area contributed by atoms with Gasteiger partial charge >= 0.3 is 23.0 Å². The summed E-state index contributed by atoms with van der Waals surface area (Å²) in [6.07, 6.45) is 17.6. The number of hydrogen-bond donors (Lipinski definition) is 2. The van der Waals surface area contributed by atoms with Crippen LogP contribution < -0.4 is 5.43 Å². The molecule has 1 amide bonds. The Labute approximate surface area is 197 Å². The maximum absolute atomic E-state index is 12.7. The molecule has 10 radical (unpaired) electrons. The zero-order valence-corrected chi connectivity index (χ0v) is 18.6. The van der Waals surface area contributed by atoms with Gasteiger partial charge in [-0.3, -0.25) is 14.6 Å². The van der Waals surface area contributed by atoms with E-state index in [1.165, 1.54) is 5.01 Å². The van der Waals surface area contributed by atoms with Gasteiger partial charge in [-0.15, -0.1) is 0 Å². The third-order valence-electron chi connectivity index (χ3n) is 4.22. The summed E-state index contributed by atoms with van der Waals surface area (Å²) in [6, 6.07) is 8.37. The van der Waals surface area contributed by atoms with E-state index in [0.717, 1.165) is 5.92 Å². The van der Waals surface area contributed by atoms with E-state index in [4.69, 9.17) is 4.74 Å². The Morgan fingerprint density at radius 1 is 1.00 bits per heavy atom. The molecular formula is C24H28FeN2O4+2. The number of hydrazine groups is 1. The molecule has 164 valence electrons. The summed E-state index contributed by atoms with van der Waals surface area (Å²) in [7, 11) is 0. The van der Waals surface area contributed by atoms with Crippen LogP contribution in [0.4, 0.5) is 0 Å². The van der Waals surface area contributed by atoms with Gasteiger partial charge in [-0.1, -0.05) is 18.2 Å². The summed E-state index contributed by atoms with van der Waals surface area (Å²) in [6.45, 7) is 1.96. The number of nitrogens with one attached hydrogen (secondary N) is 1. The number of amides is 1. The van der Waals surface area contributed by atoms with Crippen molar-refractivity contribution in [3.05, 3.63) is 99.6 Å². The number of ether oxygens (including phenoxy) is 1. The minimum absolute atomic E-state index is 0. The van der Waals surface area contributed by atoms with Crippen molar-refractivity contribution in [2.75, 3.05) is 19.8 Å². The topological polar surface area (TPSA) is 78.9 Å². The van der Waals surface area contributed by atoms with E-state index in [1.54, 1.807) is 31.2 Å². The van der Waals surface area contributed by atoms with Gasteiger partial charge in [0.1, 0.15) is 0 Å². The summed E-state index contributed by atoms with van der Waals surface area (Å²) in [5.74, 6) is 0.254. The Morgan fingerprint density at radius 2 is 1.58 bits per heavy atom. The maximum Gasteiger partial charge on any atom is 2.00 e. The fourth-order valence-corrected chi connectivity index (χ4v) is 2.82. The molecule has 2 saturated carbocycles. The van der Waals surface area contributed by atoms with Crippen LogP contribution in [0.1, 0.15) is 23.7 Å². The number of carbonyl (C=O) groups is 2. The molecule has 1 aromatic rings. The molecule has 0 bridgehead atoms. The SMILES string of the molecule is CCOC(=O)CC(NN(CCO)C(=O)c1ccccc1)[C]1[CH][CH][CH][CH]1.[CH]1[CH][CH][CH][CH]1.[Fe+2]. The minimum atomic E-state index is -0.423. The van der Waals surface area contributed by atoms with Crippen molar-refractivity contribution in [3.8, 4) is 0 Å². The van der Waals surface area contributed by atoms with Crippen molar-refractivity contribution in [1.29, 1.82) is 0 Å². The van der Waals surface area contributed by atoms with Gasteiger partial charge in [0.25, 0.3) is 5.91 Å². The molecule has 6 nitrogen and oxygen atoms in total. The van der Waals surface area contributed by atoms with E-state index in [0.29, 0.717) is 12.2 Å². The third kappa shape index (κ3) is 10.2. The molecule has 0 saturated heterocycles. The van der Waals surface area contributed by atoms with E-state index in [1.807, 2.05) is 63.9 Å². The number of benzene rings is 1. The van der Waals surface area contributed by atoms with Crippen molar-refractivity contribution in [1.82, 2.24) is 10.4 Å². The van der Waals surface area contributed by atoms with E-state index in [2.05, 4.69) is 5.43 Å². The van der Waals surface area contributed by atoms with Crippen molar-refractivity contribution >= 4 is 11.9 Å². The first-order valence-electron chi connectivity index (χ1n) is 9.93. The second kappa shape index (κ2) is 16.3. The second-order valence-corrected chi connectivity index (χ2v) is 6.42. The molecule has 2 fully saturated rings. The van der Waals surface area contributed by atoms with Crippen molar-refractivity contribution < 1.29 is 36.5 Å². The fraction of sp³-hybridized carbons (Fsp3) is 0.250. The largest absolute Gasteiger partial charge is 2.00 e. The molecule has 3 rings (SSSR count). The molecule has 31 heavy (non-hydrogen) atoms. The minimum Gasteiger partial charge on any atom is -0.466 e. The van der Waals surface area contributed by atoms with Crippen LogP contribution in [0.5, 0.6) is 0 Å². The number of aliphatic hydroxyl groups is 1. The van der Waals surface area contributed by atoms with E-state index in [9.17, 15) is 14.7 Å². The number of hydrogen-bond acceptors (Lipinski definition) is 5. The molecule has 0 aliphatic heterocycles. The molecule has 1 unspecified atom stereocenters. The normalized spacial score (nSPS) is 16.6. The smallest absolute Gasteiger partial charge is 0.466 e. The van der Waals surface area contributed by atoms with Gasteiger partial charge in [-0.25, -0.2) is 5.43 Å². The molecule has 0 spiro atoms. The van der Waals surface area contributed by atoms with E-state index in [-0.39, 0.29) is 48.5 Å². The quantitative estimate of drug-likeness (QED) is 0.334. The van der Waals surface area contributed by atoms with Gasteiger partial charge in [0.05, 0.1) is 26.2 Å². The monoisotopic (exact) mass is 464 g/mol. The summed E-state index contributed by atoms with van der Waals surface area (Å²) < 4.78 is 5.03. The van der Waals surface area contributed by atoms with Crippen LogP contribution in [0, 0.1) is 63.7 Å². The summed E-state index contributed by atoms with van der Waals surface area (Å²) >= 11 is 0. The van der Waals surface area contributed by atoms with Gasteiger partial charge in [-0.05, 0) is 76.8 Å². The average Bonchev–Trinajstić information content (AvgIpc) is 3.50. The Morgan fingerprint density at radius 3 is 2.10 bits per heavy atom. The molecule has 1 aromatic carbocycles. The first kappa shape index (κ1) is 27.6. The van der Waals surface area contributed by atoms with Crippen LogP contribution in [0.3, 0.4) is 0 Å². The van der Waals surface area contributed by atoms with Crippen LogP contribution in [-0.4, -0.2) is 47.8 Å². The van der Waals surface area contributed by atoms with E-state index < -0.39 is 6.04 Å². The van der Waals surface area contributed by atoms with Gasteiger partial charge in [0, 0.05) is 17.5 Å². The number of aliphatic hydroxyl groups excluding tert-OH is 1. The number of carbonyl (C=O) groups excluding carboxylic acids is 2. The summed E-state index contributed by atoms with van der Waals surface area (Å²) in [5, 5.41) is 10.7. The Balaban J connectivity index is 0.000000701. The first-order chi connectivity index (χ1) is 14.7.